The zero-order valence-corrected chi connectivity index (χ0v) is 27.6. The van der Waals surface area contributed by atoms with E-state index in [1.807, 2.05) is 48.5 Å². The van der Waals surface area contributed by atoms with Crippen LogP contribution in [0.15, 0.2) is 101 Å². The number of sulfonamides is 1. The predicted octanol–water partition coefficient (Wildman–Crippen LogP) is 9.46. The zero-order valence-electron chi connectivity index (χ0n) is 26.8. The SMILES string of the molecule is CC(C)c1cc(C(C)C)c(S(=O)(=O)NC(c2ccccc2)[C@H](NCCCC2=CCC=CC2)c2ccccc2)c(C(C)C)c1. The Morgan fingerprint density at radius 2 is 1.26 bits per heavy atom. The van der Waals surface area contributed by atoms with E-state index in [0.29, 0.717) is 10.8 Å². The maximum absolute atomic E-state index is 14.7. The summed E-state index contributed by atoms with van der Waals surface area (Å²) >= 11 is 0. The number of allylic oxidation sites excluding steroid dienone is 4. The van der Waals surface area contributed by atoms with E-state index in [1.165, 1.54) is 11.1 Å². The standard InChI is InChI=1S/C38H50N2O2S/c1-27(2)33-25-34(28(3)4)38(35(26-33)29(5)6)43(41,42)40-37(32-22-14-9-15-23-32)36(31-20-12-8-13-21-31)39-24-16-19-30-17-10-7-11-18-30/h7-10,12-15,18,20-23,25-29,36-37,39-40H,11,16-17,19,24H2,1-6H3/t36-,37?/m1/s1. The molecule has 5 heteroatoms. The average Bonchev–Trinajstić information content (AvgIpc) is 3.00. The van der Waals surface area contributed by atoms with Crippen LogP contribution in [0.1, 0.15) is 125 Å². The van der Waals surface area contributed by atoms with Crippen molar-refractivity contribution in [3.63, 3.8) is 0 Å². The topological polar surface area (TPSA) is 58.2 Å². The molecule has 2 N–H and O–H groups in total. The molecule has 0 amide bonds. The number of hydrogen-bond donors (Lipinski definition) is 2. The van der Waals surface area contributed by atoms with Gasteiger partial charge in [0.2, 0.25) is 10.0 Å². The fourth-order valence-electron chi connectivity index (χ4n) is 5.93. The van der Waals surface area contributed by atoms with Crippen molar-refractivity contribution in [2.75, 3.05) is 6.54 Å². The molecular weight excluding hydrogens is 548 g/mol. The quantitative estimate of drug-likeness (QED) is 0.144. The normalized spacial score (nSPS) is 15.2. The van der Waals surface area contributed by atoms with Crippen molar-refractivity contribution in [3.05, 3.63) is 124 Å². The maximum atomic E-state index is 14.7. The van der Waals surface area contributed by atoms with Gasteiger partial charge in [-0.3, -0.25) is 0 Å². The highest BCUT2D eigenvalue weighted by Crippen LogP contribution is 2.37. The number of nitrogens with one attached hydrogen (secondary N) is 2. The fraction of sp³-hybridized carbons (Fsp3) is 0.421. The molecule has 0 spiro atoms. The van der Waals surface area contributed by atoms with Gasteiger partial charge in [0.25, 0.3) is 0 Å². The van der Waals surface area contributed by atoms with Gasteiger partial charge in [-0.05, 0) is 77.8 Å². The molecule has 43 heavy (non-hydrogen) atoms. The molecule has 4 nitrogen and oxygen atoms in total. The Kier molecular flexibility index (Phi) is 11.6. The van der Waals surface area contributed by atoms with Crippen LogP contribution in [0.3, 0.4) is 0 Å². The minimum Gasteiger partial charge on any atom is -0.308 e. The molecule has 1 unspecified atom stereocenters. The molecule has 0 saturated heterocycles. The Labute approximate surface area is 260 Å². The Morgan fingerprint density at radius 3 is 1.74 bits per heavy atom. The van der Waals surface area contributed by atoms with Crippen molar-refractivity contribution >= 4 is 10.0 Å². The Bertz CT molecular complexity index is 1460. The zero-order chi connectivity index (χ0) is 31.0. The Hall–Kier alpha value is -2.99. The second kappa shape index (κ2) is 15.1. The van der Waals surface area contributed by atoms with Crippen molar-refractivity contribution < 1.29 is 8.42 Å². The summed E-state index contributed by atoms with van der Waals surface area (Å²) in [6, 6.07) is 23.7. The molecule has 1 aliphatic rings. The van der Waals surface area contributed by atoms with Crippen LogP contribution in [0.5, 0.6) is 0 Å². The third-order valence-corrected chi connectivity index (χ3v) is 9.98. The highest BCUT2D eigenvalue weighted by Gasteiger charge is 2.33. The van der Waals surface area contributed by atoms with Gasteiger partial charge in [-0.1, -0.05) is 138 Å². The first-order valence-electron chi connectivity index (χ1n) is 15.9. The largest absolute Gasteiger partial charge is 0.308 e. The first-order chi connectivity index (χ1) is 20.6. The molecule has 0 aliphatic heterocycles. The van der Waals surface area contributed by atoms with Gasteiger partial charge in [-0.25, -0.2) is 13.1 Å². The third kappa shape index (κ3) is 8.56. The third-order valence-electron chi connectivity index (χ3n) is 8.41. The van der Waals surface area contributed by atoms with E-state index in [1.54, 1.807) is 0 Å². The van der Waals surface area contributed by atoms with Gasteiger partial charge in [-0.15, -0.1) is 0 Å². The molecule has 2 atom stereocenters. The highest BCUT2D eigenvalue weighted by atomic mass is 32.2. The molecule has 0 saturated carbocycles. The second-order valence-electron chi connectivity index (χ2n) is 12.7. The lowest BCUT2D eigenvalue weighted by molar-refractivity contribution is 0.419. The van der Waals surface area contributed by atoms with Crippen LogP contribution in [-0.4, -0.2) is 15.0 Å². The van der Waals surface area contributed by atoms with Crippen molar-refractivity contribution in [1.29, 1.82) is 0 Å². The van der Waals surface area contributed by atoms with Gasteiger partial charge < -0.3 is 5.32 Å². The summed E-state index contributed by atoms with van der Waals surface area (Å²) < 4.78 is 32.6. The molecule has 3 aromatic carbocycles. The summed E-state index contributed by atoms with van der Waals surface area (Å²) in [7, 11) is -3.91. The van der Waals surface area contributed by atoms with E-state index < -0.39 is 16.1 Å². The van der Waals surface area contributed by atoms with E-state index in [2.05, 4.69) is 94.1 Å². The smallest absolute Gasteiger partial charge is 0.241 e. The lowest BCUT2D eigenvalue weighted by atomic mass is 9.89. The summed E-state index contributed by atoms with van der Waals surface area (Å²) in [6.07, 6.45) is 10.9. The van der Waals surface area contributed by atoms with Gasteiger partial charge in [0, 0.05) is 0 Å². The number of hydrogen-bond acceptors (Lipinski definition) is 3. The lowest BCUT2D eigenvalue weighted by Gasteiger charge is -2.31. The van der Waals surface area contributed by atoms with E-state index in [0.717, 1.165) is 54.5 Å². The van der Waals surface area contributed by atoms with E-state index in [9.17, 15) is 8.42 Å². The van der Waals surface area contributed by atoms with Gasteiger partial charge in [0.05, 0.1) is 17.0 Å². The average molecular weight is 599 g/mol. The summed E-state index contributed by atoms with van der Waals surface area (Å²) in [4.78, 5) is 0.437. The molecule has 4 rings (SSSR count). The van der Waals surface area contributed by atoms with Crippen LogP contribution in [0, 0.1) is 0 Å². The molecular formula is C38H50N2O2S. The van der Waals surface area contributed by atoms with Gasteiger partial charge >= 0.3 is 0 Å². The van der Waals surface area contributed by atoms with Gasteiger partial charge in [-0.2, -0.15) is 0 Å². The van der Waals surface area contributed by atoms with Crippen molar-refractivity contribution in [2.24, 2.45) is 0 Å². The lowest BCUT2D eigenvalue weighted by Crippen LogP contribution is -2.39. The minimum atomic E-state index is -3.91. The van der Waals surface area contributed by atoms with Crippen LogP contribution >= 0.6 is 0 Å². The second-order valence-corrected chi connectivity index (χ2v) is 14.4. The fourth-order valence-corrected chi connectivity index (χ4v) is 7.86. The number of benzene rings is 3. The Balaban J connectivity index is 1.75. The molecule has 230 valence electrons. The van der Waals surface area contributed by atoms with Crippen molar-refractivity contribution in [3.8, 4) is 0 Å². The van der Waals surface area contributed by atoms with Crippen molar-refractivity contribution in [2.45, 2.75) is 102 Å². The first-order valence-corrected chi connectivity index (χ1v) is 17.4. The molecule has 0 heterocycles. The van der Waals surface area contributed by atoms with Crippen molar-refractivity contribution in [1.82, 2.24) is 10.0 Å². The van der Waals surface area contributed by atoms with E-state index in [-0.39, 0.29) is 17.9 Å². The summed E-state index contributed by atoms with van der Waals surface area (Å²) in [5, 5.41) is 3.77. The summed E-state index contributed by atoms with van der Waals surface area (Å²) in [5.74, 6) is 0.429. The molecule has 0 aromatic heterocycles. The van der Waals surface area contributed by atoms with Crippen LogP contribution < -0.4 is 10.0 Å². The molecule has 0 fully saturated rings. The maximum Gasteiger partial charge on any atom is 0.241 e. The summed E-state index contributed by atoms with van der Waals surface area (Å²) in [5.41, 5.74) is 6.42. The van der Waals surface area contributed by atoms with E-state index >= 15 is 0 Å². The minimum absolute atomic E-state index is 0.0601. The molecule has 1 aliphatic carbocycles. The van der Waals surface area contributed by atoms with Crippen LogP contribution in [0.25, 0.3) is 0 Å². The van der Waals surface area contributed by atoms with E-state index in [4.69, 9.17) is 0 Å². The molecule has 0 bridgehead atoms. The van der Waals surface area contributed by atoms with Gasteiger partial charge in [0.1, 0.15) is 0 Å². The highest BCUT2D eigenvalue weighted by molar-refractivity contribution is 7.89. The van der Waals surface area contributed by atoms with Crippen LogP contribution in [0.4, 0.5) is 0 Å². The molecule has 0 radical (unpaired) electrons. The number of rotatable bonds is 14. The Morgan fingerprint density at radius 1 is 0.698 bits per heavy atom. The van der Waals surface area contributed by atoms with Crippen LogP contribution in [0.2, 0.25) is 0 Å². The molecule has 3 aromatic rings. The summed E-state index contributed by atoms with van der Waals surface area (Å²) in [6.45, 7) is 13.5. The van der Waals surface area contributed by atoms with Crippen LogP contribution in [-0.2, 0) is 10.0 Å². The van der Waals surface area contributed by atoms with Gasteiger partial charge in [0.15, 0.2) is 0 Å². The predicted molar refractivity (Wildman–Crippen MR) is 181 cm³/mol. The monoisotopic (exact) mass is 598 g/mol. The first kappa shape index (κ1) is 32.9.